The lowest BCUT2D eigenvalue weighted by atomic mass is 9.93. The summed E-state index contributed by atoms with van der Waals surface area (Å²) in [7, 11) is 0. The van der Waals surface area contributed by atoms with Gasteiger partial charge >= 0.3 is 0 Å². The zero-order chi connectivity index (χ0) is 14.4. The maximum Gasteiger partial charge on any atom is 0.255 e. The lowest BCUT2D eigenvalue weighted by Gasteiger charge is -2.34. The molecular formula is C17H25NOS. The van der Waals surface area contributed by atoms with Gasteiger partial charge in [0.2, 0.25) is 0 Å². The summed E-state index contributed by atoms with van der Waals surface area (Å²) in [6.07, 6.45) is 6.19. The molecule has 0 atom stereocenters. The molecule has 1 aliphatic rings. The Hall–Kier alpha value is -0.960. The van der Waals surface area contributed by atoms with Crippen LogP contribution in [0.3, 0.4) is 0 Å². The van der Waals surface area contributed by atoms with Gasteiger partial charge in [0, 0.05) is 17.5 Å². The van der Waals surface area contributed by atoms with Crippen LogP contribution in [0.4, 0.5) is 0 Å². The third-order valence-corrected chi connectivity index (χ3v) is 4.99. The molecule has 0 radical (unpaired) electrons. The second kappa shape index (κ2) is 7.72. The van der Waals surface area contributed by atoms with Gasteiger partial charge in [-0.05, 0) is 37.7 Å². The van der Waals surface area contributed by atoms with E-state index in [-0.39, 0.29) is 5.91 Å². The summed E-state index contributed by atoms with van der Waals surface area (Å²) in [6, 6.07) is 8.48. The van der Waals surface area contributed by atoms with Crippen LogP contribution >= 0.6 is 11.8 Å². The van der Waals surface area contributed by atoms with Gasteiger partial charge in [-0.3, -0.25) is 4.79 Å². The average Bonchev–Trinajstić information content (AvgIpc) is 2.50. The highest BCUT2D eigenvalue weighted by atomic mass is 32.2. The van der Waals surface area contributed by atoms with E-state index < -0.39 is 0 Å². The Bertz CT molecular complexity index is 440. The molecule has 3 heteroatoms. The molecule has 0 N–H and O–H groups in total. The van der Waals surface area contributed by atoms with Crippen molar-refractivity contribution in [3.05, 3.63) is 29.8 Å². The van der Waals surface area contributed by atoms with E-state index in [0.717, 1.165) is 22.8 Å². The molecule has 1 saturated carbocycles. The minimum Gasteiger partial charge on any atom is -0.336 e. The number of carbonyl (C=O) groups is 1. The van der Waals surface area contributed by atoms with Crippen molar-refractivity contribution in [3.8, 4) is 0 Å². The van der Waals surface area contributed by atoms with Gasteiger partial charge in [-0.15, -0.1) is 11.8 Å². The minimum atomic E-state index is 0.218. The van der Waals surface area contributed by atoms with E-state index in [1.807, 2.05) is 18.2 Å². The van der Waals surface area contributed by atoms with Crippen molar-refractivity contribution in [3.63, 3.8) is 0 Å². The standard InChI is InChI=1S/C17H25NOS/c1-3-18(14-10-6-5-7-11-14)17(19)15-12-8-9-13-16(15)20-4-2/h8-9,12-14H,3-7,10-11H2,1-2H3. The summed E-state index contributed by atoms with van der Waals surface area (Å²) < 4.78 is 0. The van der Waals surface area contributed by atoms with E-state index in [1.54, 1.807) is 11.8 Å². The number of rotatable bonds is 5. The molecule has 1 aromatic rings. The Morgan fingerprint density at radius 1 is 1.20 bits per heavy atom. The van der Waals surface area contributed by atoms with E-state index in [9.17, 15) is 4.79 Å². The zero-order valence-electron chi connectivity index (χ0n) is 12.6. The molecule has 1 aromatic carbocycles. The molecule has 0 spiro atoms. The Morgan fingerprint density at radius 2 is 1.90 bits per heavy atom. The van der Waals surface area contributed by atoms with Crippen molar-refractivity contribution in [2.45, 2.75) is 56.9 Å². The fourth-order valence-corrected chi connectivity index (χ4v) is 3.84. The monoisotopic (exact) mass is 291 g/mol. The van der Waals surface area contributed by atoms with Gasteiger partial charge in [-0.25, -0.2) is 0 Å². The van der Waals surface area contributed by atoms with E-state index in [4.69, 9.17) is 0 Å². The molecule has 0 aromatic heterocycles. The minimum absolute atomic E-state index is 0.218. The number of hydrogen-bond acceptors (Lipinski definition) is 2. The molecule has 2 rings (SSSR count). The number of thioether (sulfide) groups is 1. The maximum absolute atomic E-state index is 12.9. The van der Waals surface area contributed by atoms with Crippen molar-refractivity contribution in [1.82, 2.24) is 4.90 Å². The predicted octanol–water partition coefficient (Wildman–Crippen LogP) is 4.59. The first-order chi connectivity index (χ1) is 9.77. The summed E-state index contributed by atoms with van der Waals surface area (Å²) in [5.41, 5.74) is 0.881. The topological polar surface area (TPSA) is 20.3 Å². The van der Waals surface area contributed by atoms with Gasteiger partial charge in [-0.2, -0.15) is 0 Å². The summed E-state index contributed by atoms with van der Waals surface area (Å²) in [5.74, 6) is 1.22. The molecule has 1 amide bonds. The normalized spacial score (nSPS) is 16.1. The van der Waals surface area contributed by atoms with Crippen LogP contribution in [0.5, 0.6) is 0 Å². The maximum atomic E-state index is 12.9. The van der Waals surface area contributed by atoms with Crippen LogP contribution in [0.25, 0.3) is 0 Å². The third kappa shape index (κ3) is 3.57. The summed E-state index contributed by atoms with van der Waals surface area (Å²) in [5, 5.41) is 0. The van der Waals surface area contributed by atoms with Crippen molar-refractivity contribution >= 4 is 17.7 Å². The van der Waals surface area contributed by atoms with Crippen LogP contribution in [-0.2, 0) is 0 Å². The summed E-state index contributed by atoms with van der Waals surface area (Å²) in [6.45, 7) is 5.04. The highest BCUT2D eigenvalue weighted by Gasteiger charge is 2.26. The average molecular weight is 291 g/mol. The van der Waals surface area contributed by atoms with Crippen LogP contribution < -0.4 is 0 Å². The zero-order valence-corrected chi connectivity index (χ0v) is 13.4. The Balaban J connectivity index is 2.19. The molecule has 0 heterocycles. The molecule has 110 valence electrons. The number of nitrogens with zero attached hydrogens (tertiary/aromatic N) is 1. The van der Waals surface area contributed by atoms with E-state index in [2.05, 4.69) is 24.8 Å². The fourth-order valence-electron chi connectivity index (χ4n) is 3.04. The smallest absolute Gasteiger partial charge is 0.255 e. The van der Waals surface area contributed by atoms with Crippen molar-refractivity contribution in [2.24, 2.45) is 0 Å². The Labute approximate surface area is 126 Å². The predicted molar refractivity (Wildman–Crippen MR) is 86.4 cm³/mol. The second-order valence-corrected chi connectivity index (χ2v) is 6.62. The Morgan fingerprint density at radius 3 is 2.55 bits per heavy atom. The van der Waals surface area contributed by atoms with Crippen LogP contribution in [0.15, 0.2) is 29.2 Å². The van der Waals surface area contributed by atoms with E-state index in [1.165, 1.54) is 32.1 Å². The molecular weight excluding hydrogens is 266 g/mol. The van der Waals surface area contributed by atoms with Crippen molar-refractivity contribution < 1.29 is 4.79 Å². The first-order valence-corrected chi connectivity index (χ1v) is 8.79. The van der Waals surface area contributed by atoms with Gasteiger partial charge in [0.05, 0.1) is 5.56 Å². The number of carbonyl (C=O) groups excluding carboxylic acids is 1. The summed E-state index contributed by atoms with van der Waals surface area (Å²) >= 11 is 1.76. The summed E-state index contributed by atoms with van der Waals surface area (Å²) in [4.78, 5) is 16.1. The van der Waals surface area contributed by atoms with Crippen LogP contribution in [0.2, 0.25) is 0 Å². The Kier molecular flexibility index (Phi) is 5.96. The fraction of sp³-hybridized carbons (Fsp3) is 0.588. The molecule has 0 saturated heterocycles. The van der Waals surface area contributed by atoms with E-state index in [0.29, 0.717) is 6.04 Å². The second-order valence-electron chi connectivity index (χ2n) is 5.31. The molecule has 0 bridgehead atoms. The first kappa shape index (κ1) is 15.4. The van der Waals surface area contributed by atoms with Gasteiger partial charge < -0.3 is 4.90 Å². The number of amides is 1. The third-order valence-electron chi connectivity index (χ3n) is 4.03. The quantitative estimate of drug-likeness (QED) is 0.739. The van der Waals surface area contributed by atoms with Gasteiger partial charge in [-0.1, -0.05) is 38.3 Å². The van der Waals surface area contributed by atoms with Crippen LogP contribution in [0, 0.1) is 0 Å². The SMILES string of the molecule is CCSc1ccccc1C(=O)N(CC)C1CCCCC1. The highest BCUT2D eigenvalue weighted by Crippen LogP contribution is 2.27. The van der Waals surface area contributed by atoms with Crippen LogP contribution in [-0.4, -0.2) is 29.1 Å². The number of hydrogen-bond donors (Lipinski definition) is 0. The van der Waals surface area contributed by atoms with Crippen molar-refractivity contribution in [2.75, 3.05) is 12.3 Å². The number of benzene rings is 1. The first-order valence-electron chi connectivity index (χ1n) is 7.80. The van der Waals surface area contributed by atoms with Gasteiger partial charge in [0.25, 0.3) is 5.91 Å². The lowest BCUT2D eigenvalue weighted by Crippen LogP contribution is -2.41. The highest BCUT2D eigenvalue weighted by molar-refractivity contribution is 7.99. The van der Waals surface area contributed by atoms with E-state index >= 15 is 0 Å². The van der Waals surface area contributed by atoms with Gasteiger partial charge in [0.1, 0.15) is 0 Å². The molecule has 1 aliphatic carbocycles. The molecule has 1 fully saturated rings. The molecule has 0 unspecified atom stereocenters. The molecule has 2 nitrogen and oxygen atoms in total. The largest absolute Gasteiger partial charge is 0.336 e. The van der Waals surface area contributed by atoms with Crippen LogP contribution in [0.1, 0.15) is 56.3 Å². The lowest BCUT2D eigenvalue weighted by molar-refractivity contribution is 0.0644. The molecule has 0 aliphatic heterocycles. The van der Waals surface area contributed by atoms with Gasteiger partial charge in [0.15, 0.2) is 0 Å². The molecule has 20 heavy (non-hydrogen) atoms. The van der Waals surface area contributed by atoms with Crippen molar-refractivity contribution in [1.29, 1.82) is 0 Å².